The molecule has 18 heavy (non-hydrogen) atoms. The summed E-state index contributed by atoms with van der Waals surface area (Å²) >= 11 is 0. The molecule has 0 heterocycles. The molecular weight excluding hydrogens is 224 g/mol. The van der Waals surface area contributed by atoms with Gasteiger partial charge in [-0.3, -0.25) is 0 Å². The summed E-state index contributed by atoms with van der Waals surface area (Å²) < 4.78 is 0. The Morgan fingerprint density at radius 3 is 2.44 bits per heavy atom. The lowest BCUT2D eigenvalue weighted by Crippen LogP contribution is -1.95. The number of unbranched alkanes of at least 4 members (excludes halogenated alkanes) is 1. The number of benzene rings is 1. The lowest BCUT2D eigenvalue weighted by atomic mass is 9.98. The van der Waals surface area contributed by atoms with E-state index in [9.17, 15) is 4.79 Å². The molecule has 0 aliphatic rings. The predicted molar refractivity (Wildman–Crippen MR) is 75.7 cm³/mol. The Morgan fingerprint density at radius 1 is 1.28 bits per heavy atom. The molecule has 1 aromatic carbocycles. The highest BCUT2D eigenvalue weighted by Crippen LogP contribution is 2.16. The van der Waals surface area contributed by atoms with Crippen molar-refractivity contribution in [2.24, 2.45) is 5.92 Å². The maximum Gasteiger partial charge on any atom is 0.335 e. The highest BCUT2D eigenvalue weighted by Gasteiger charge is 2.02. The van der Waals surface area contributed by atoms with Crippen molar-refractivity contribution in [1.29, 1.82) is 0 Å². The standard InChI is InChI=1S/C16H22O2/c1-3-5-6-13(4-2)7-8-14-9-11-15(12-10-14)16(17)18/h7-13H,3-6H2,1-2H3,(H,17,18)/b8-7+. The van der Waals surface area contributed by atoms with E-state index in [1.807, 2.05) is 12.1 Å². The first-order valence-corrected chi connectivity index (χ1v) is 6.69. The number of carbonyl (C=O) groups is 1. The second kappa shape index (κ2) is 7.70. The first-order valence-electron chi connectivity index (χ1n) is 6.69. The molecule has 0 fully saturated rings. The number of hydrogen-bond donors (Lipinski definition) is 1. The Kier molecular flexibility index (Phi) is 6.20. The Bertz CT molecular complexity index is 390. The van der Waals surface area contributed by atoms with Crippen LogP contribution in [0.5, 0.6) is 0 Å². The van der Waals surface area contributed by atoms with Crippen molar-refractivity contribution < 1.29 is 9.90 Å². The normalized spacial score (nSPS) is 12.8. The molecule has 1 atom stereocenters. The maximum absolute atomic E-state index is 10.7. The number of hydrogen-bond acceptors (Lipinski definition) is 1. The van der Waals surface area contributed by atoms with Gasteiger partial charge in [0.2, 0.25) is 0 Å². The fraction of sp³-hybridized carbons (Fsp3) is 0.438. The van der Waals surface area contributed by atoms with Crippen LogP contribution >= 0.6 is 0 Å². The smallest absolute Gasteiger partial charge is 0.335 e. The van der Waals surface area contributed by atoms with Crippen LogP contribution in [0.1, 0.15) is 55.5 Å². The molecule has 0 aliphatic carbocycles. The van der Waals surface area contributed by atoms with Gasteiger partial charge in [-0.1, -0.05) is 51.0 Å². The van der Waals surface area contributed by atoms with Crippen LogP contribution in [0.25, 0.3) is 6.08 Å². The van der Waals surface area contributed by atoms with Gasteiger partial charge >= 0.3 is 5.97 Å². The van der Waals surface area contributed by atoms with Gasteiger partial charge in [0.15, 0.2) is 0 Å². The number of carboxylic acids is 1. The van der Waals surface area contributed by atoms with E-state index in [2.05, 4.69) is 26.0 Å². The molecule has 1 rings (SSSR count). The maximum atomic E-state index is 10.7. The zero-order chi connectivity index (χ0) is 13.4. The van der Waals surface area contributed by atoms with E-state index in [-0.39, 0.29) is 0 Å². The molecule has 2 nitrogen and oxygen atoms in total. The molecule has 0 amide bonds. The molecule has 1 N–H and O–H groups in total. The molecule has 0 saturated heterocycles. The van der Waals surface area contributed by atoms with Gasteiger partial charge in [0.1, 0.15) is 0 Å². The SMILES string of the molecule is CCCCC(/C=C/c1ccc(C(=O)O)cc1)CC. The van der Waals surface area contributed by atoms with Crippen LogP contribution in [0.2, 0.25) is 0 Å². The highest BCUT2D eigenvalue weighted by atomic mass is 16.4. The molecule has 0 saturated carbocycles. The van der Waals surface area contributed by atoms with Crippen LogP contribution in [0.3, 0.4) is 0 Å². The molecule has 1 unspecified atom stereocenters. The lowest BCUT2D eigenvalue weighted by Gasteiger charge is -2.08. The van der Waals surface area contributed by atoms with Crippen LogP contribution in [-0.4, -0.2) is 11.1 Å². The molecular formula is C16H22O2. The van der Waals surface area contributed by atoms with Crippen LogP contribution in [0.15, 0.2) is 30.3 Å². The first-order chi connectivity index (χ1) is 8.67. The van der Waals surface area contributed by atoms with Gasteiger partial charge in [-0.15, -0.1) is 0 Å². The van der Waals surface area contributed by atoms with E-state index >= 15 is 0 Å². The van der Waals surface area contributed by atoms with Gasteiger partial charge in [0.05, 0.1) is 5.56 Å². The van der Waals surface area contributed by atoms with Gasteiger partial charge in [-0.05, 0) is 36.5 Å². The second-order valence-corrected chi connectivity index (χ2v) is 4.60. The molecule has 0 bridgehead atoms. The minimum atomic E-state index is -0.875. The molecule has 0 aliphatic heterocycles. The summed E-state index contributed by atoms with van der Waals surface area (Å²) in [5, 5.41) is 8.81. The molecule has 1 aromatic rings. The van der Waals surface area contributed by atoms with Gasteiger partial charge in [0, 0.05) is 0 Å². The third-order valence-electron chi connectivity index (χ3n) is 3.17. The topological polar surface area (TPSA) is 37.3 Å². The Morgan fingerprint density at radius 2 is 1.94 bits per heavy atom. The zero-order valence-corrected chi connectivity index (χ0v) is 11.2. The Balaban J connectivity index is 2.62. The summed E-state index contributed by atoms with van der Waals surface area (Å²) in [5.74, 6) is -0.246. The quantitative estimate of drug-likeness (QED) is 0.762. The minimum absolute atomic E-state index is 0.338. The fourth-order valence-electron chi connectivity index (χ4n) is 1.89. The van der Waals surface area contributed by atoms with Crippen molar-refractivity contribution in [1.82, 2.24) is 0 Å². The second-order valence-electron chi connectivity index (χ2n) is 4.60. The van der Waals surface area contributed by atoms with Crippen molar-refractivity contribution in [3.63, 3.8) is 0 Å². The number of allylic oxidation sites excluding steroid dienone is 1. The van der Waals surface area contributed by atoms with Gasteiger partial charge < -0.3 is 5.11 Å². The molecule has 98 valence electrons. The Labute approximate surface area is 109 Å². The Hall–Kier alpha value is -1.57. The van der Waals surface area contributed by atoms with Gasteiger partial charge in [0.25, 0.3) is 0 Å². The predicted octanol–water partition coefficient (Wildman–Crippen LogP) is 4.61. The summed E-state index contributed by atoms with van der Waals surface area (Å²) in [5.41, 5.74) is 1.40. The van der Waals surface area contributed by atoms with Crippen molar-refractivity contribution in [3.8, 4) is 0 Å². The molecule has 0 aromatic heterocycles. The summed E-state index contributed by atoms with van der Waals surface area (Å²) in [4.78, 5) is 10.7. The van der Waals surface area contributed by atoms with E-state index < -0.39 is 5.97 Å². The summed E-state index contributed by atoms with van der Waals surface area (Å²) in [7, 11) is 0. The van der Waals surface area contributed by atoms with E-state index in [1.165, 1.54) is 19.3 Å². The summed E-state index contributed by atoms with van der Waals surface area (Å²) in [6, 6.07) is 7.00. The fourth-order valence-corrected chi connectivity index (χ4v) is 1.89. The number of carboxylic acid groups (broad SMARTS) is 1. The monoisotopic (exact) mass is 246 g/mol. The zero-order valence-electron chi connectivity index (χ0n) is 11.2. The van der Waals surface area contributed by atoms with Crippen molar-refractivity contribution in [3.05, 3.63) is 41.5 Å². The van der Waals surface area contributed by atoms with Crippen molar-refractivity contribution >= 4 is 12.0 Å². The van der Waals surface area contributed by atoms with E-state index in [0.717, 1.165) is 12.0 Å². The van der Waals surface area contributed by atoms with Crippen LogP contribution in [-0.2, 0) is 0 Å². The third-order valence-corrected chi connectivity index (χ3v) is 3.17. The largest absolute Gasteiger partial charge is 0.478 e. The summed E-state index contributed by atoms with van der Waals surface area (Å²) in [6.07, 6.45) is 9.22. The average molecular weight is 246 g/mol. The molecule has 0 spiro atoms. The van der Waals surface area contributed by atoms with E-state index in [1.54, 1.807) is 12.1 Å². The van der Waals surface area contributed by atoms with Crippen molar-refractivity contribution in [2.45, 2.75) is 39.5 Å². The number of rotatable bonds is 7. The summed E-state index contributed by atoms with van der Waals surface area (Å²) in [6.45, 7) is 4.42. The van der Waals surface area contributed by atoms with E-state index in [0.29, 0.717) is 11.5 Å². The molecule has 2 heteroatoms. The molecule has 0 radical (unpaired) electrons. The van der Waals surface area contributed by atoms with E-state index in [4.69, 9.17) is 5.11 Å². The average Bonchev–Trinajstić information content (AvgIpc) is 2.39. The first kappa shape index (κ1) is 14.5. The minimum Gasteiger partial charge on any atom is -0.478 e. The van der Waals surface area contributed by atoms with Gasteiger partial charge in [-0.2, -0.15) is 0 Å². The third kappa shape index (κ3) is 4.74. The van der Waals surface area contributed by atoms with Crippen LogP contribution in [0.4, 0.5) is 0 Å². The lowest BCUT2D eigenvalue weighted by molar-refractivity contribution is 0.0697. The number of aromatic carboxylic acids is 1. The van der Waals surface area contributed by atoms with Gasteiger partial charge in [-0.25, -0.2) is 4.79 Å². The van der Waals surface area contributed by atoms with Crippen molar-refractivity contribution in [2.75, 3.05) is 0 Å². The van der Waals surface area contributed by atoms with Crippen LogP contribution < -0.4 is 0 Å². The van der Waals surface area contributed by atoms with Crippen LogP contribution in [0, 0.1) is 5.92 Å². The highest BCUT2D eigenvalue weighted by molar-refractivity contribution is 5.87.